The third-order valence-corrected chi connectivity index (χ3v) is 3.72. The highest BCUT2D eigenvalue weighted by atomic mass is 79.9. The Morgan fingerprint density at radius 1 is 1.39 bits per heavy atom. The number of nitrogens with zero attached hydrogens (tertiary/aromatic N) is 2. The maximum absolute atomic E-state index is 12.5. The number of aromatic nitrogens is 1. The van der Waals surface area contributed by atoms with Crippen molar-refractivity contribution in [3.63, 3.8) is 0 Å². The smallest absolute Gasteiger partial charge is 0.255 e. The zero-order valence-corrected chi connectivity index (χ0v) is 14.5. The molecule has 8 heteroatoms. The predicted octanol–water partition coefficient (Wildman–Crippen LogP) is 2.46. The highest BCUT2D eigenvalue weighted by Gasteiger charge is 2.18. The molecule has 0 radical (unpaired) electrons. The summed E-state index contributed by atoms with van der Waals surface area (Å²) in [7, 11) is 3.07. The molecule has 1 aromatic carbocycles. The second-order valence-corrected chi connectivity index (χ2v) is 5.73. The molecule has 1 N–H and O–H groups in total. The summed E-state index contributed by atoms with van der Waals surface area (Å²) in [5.74, 6) is 0.795. The minimum absolute atomic E-state index is 0.117. The topological polar surface area (TPSA) is 84.7 Å². The molecule has 0 aliphatic carbocycles. The van der Waals surface area contributed by atoms with E-state index >= 15 is 0 Å². The summed E-state index contributed by atoms with van der Waals surface area (Å²) in [5, 5.41) is 6.23. The van der Waals surface area contributed by atoms with Crippen molar-refractivity contribution in [2.24, 2.45) is 0 Å². The Balaban J connectivity index is 2.03. The van der Waals surface area contributed by atoms with E-state index in [0.717, 1.165) is 0 Å². The number of halogens is 1. The van der Waals surface area contributed by atoms with Gasteiger partial charge in [0, 0.05) is 17.6 Å². The van der Waals surface area contributed by atoms with E-state index in [-0.39, 0.29) is 18.4 Å². The van der Waals surface area contributed by atoms with Gasteiger partial charge in [-0.1, -0.05) is 5.16 Å². The van der Waals surface area contributed by atoms with E-state index in [4.69, 9.17) is 9.26 Å². The number of nitrogens with one attached hydrogen (secondary N) is 1. The second kappa shape index (κ2) is 7.28. The van der Waals surface area contributed by atoms with Crippen molar-refractivity contribution in [3.8, 4) is 5.75 Å². The SMILES string of the molecule is COc1ccc(Br)c(C(=O)N(C)CC(=O)Nc2cc(C)on2)c1. The summed E-state index contributed by atoms with van der Waals surface area (Å²) < 4.78 is 10.6. The van der Waals surface area contributed by atoms with E-state index in [2.05, 4.69) is 26.4 Å². The lowest BCUT2D eigenvalue weighted by atomic mass is 10.2. The predicted molar refractivity (Wildman–Crippen MR) is 87.5 cm³/mol. The number of methoxy groups -OCH3 is 1. The van der Waals surface area contributed by atoms with Gasteiger partial charge in [0.05, 0.1) is 19.2 Å². The Kier molecular flexibility index (Phi) is 5.38. The molecule has 0 atom stereocenters. The molecule has 0 spiro atoms. The lowest BCUT2D eigenvalue weighted by Gasteiger charge is -2.17. The highest BCUT2D eigenvalue weighted by molar-refractivity contribution is 9.10. The fraction of sp³-hybridized carbons (Fsp3) is 0.267. The fourth-order valence-electron chi connectivity index (χ4n) is 1.90. The van der Waals surface area contributed by atoms with Gasteiger partial charge in [0.15, 0.2) is 5.82 Å². The van der Waals surface area contributed by atoms with Gasteiger partial charge in [-0.3, -0.25) is 9.59 Å². The Hall–Kier alpha value is -2.35. The number of aryl methyl sites for hydroxylation is 1. The third-order valence-electron chi connectivity index (χ3n) is 3.03. The zero-order valence-electron chi connectivity index (χ0n) is 12.9. The van der Waals surface area contributed by atoms with Crippen LogP contribution in [0, 0.1) is 6.92 Å². The first kappa shape index (κ1) is 17.0. The maximum atomic E-state index is 12.5. The summed E-state index contributed by atoms with van der Waals surface area (Å²) in [6.07, 6.45) is 0. The Morgan fingerprint density at radius 3 is 2.74 bits per heavy atom. The van der Waals surface area contributed by atoms with Gasteiger partial charge in [0.25, 0.3) is 5.91 Å². The minimum atomic E-state index is -0.367. The average molecular weight is 382 g/mol. The summed E-state index contributed by atoms with van der Waals surface area (Å²) in [5.41, 5.74) is 0.414. The number of benzene rings is 1. The number of hydrogen-bond acceptors (Lipinski definition) is 5. The van der Waals surface area contributed by atoms with Gasteiger partial charge in [-0.15, -0.1) is 0 Å². The molecule has 7 nitrogen and oxygen atoms in total. The number of anilines is 1. The van der Waals surface area contributed by atoms with Crippen LogP contribution in [0.15, 0.2) is 33.3 Å². The first-order chi connectivity index (χ1) is 10.9. The van der Waals surface area contributed by atoms with Crippen LogP contribution in [-0.2, 0) is 4.79 Å². The van der Waals surface area contributed by atoms with Gasteiger partial charge in [-0.05, 0) is 41.1 Å². The molecule has 2 aromatic rings. The van der Waals surface area contributed by atoms with Gasteiger partial charge >= 0.3 is 0 Å². The molecule has 0 aliphatic heterocycles. The van der Waals surface area contributed by atoms with Gasteiger partial charge < -0.3 is 19.5 Å². The van der Waals surface area contributed by atoms with Crippen LogP contribution >= 0.6 is 15.9 Å². The number of carbonyl (C=O) groups is 2. The van der Waals surface area contributed by atoms with E-state index in [9.17, 15) is 9.59 Å². The first-order valence-corrected chi connectivity index (χ1v) is 7.52. The number of likely N-dealkylation sites (N-methyl/N-ethyl adjacent to an activating group) is 1. The van der Waals surface area contributed by atoms with Crippen LogP contribution in [0.2, 0.25) is 0 Å². The molecule has 122 valence electrons. The van der Waals surface area contributed by atoms with Crippen molar-refractivity contribution >= 4 is 33.6 Å². The van der Waals surface area contributed by atoms with Gasteiger partial charge in [-0.2, -0.15) is 0 Å². The Bertz CT molecular complexity index is 729. The van der Waals surface area contributed by atoms with Crippen molar-refractivity contribution in [2.75, 3.05) is 26.0 Å². The molecule has 2 rings (SSSR count). The van der Waals surface area contributed by atoms with Crippen LogP contribution < -0.4 is 10.1 Å². The number of carbonyl (C=O) groups excluding carboxylic acids is 2. The number of hydrogen-bond donors (Lipinski definition) is 1. The maximum Gasteiger partial charge on any atom is 0.255 e. The molecule has 0 saturated heterocycles. The lowest BCUT2D eigenvalue weighted by Crippen LogP contribution is -2.35. The third kappa shape index (κ3) is 4.32. The van der Waals surface area contributed by atoms with Crippen molar-refractivity contribution in [1.82, 2.24) is 10.1 Å². The monoisotopic (exact) mass is 381 g/mol. The van der Waals surface area contributed by atoms with Gasteiger partial charge in [0.2, 0.25) is 5.91 Å². The van der Waals surface area contributed by atoms with Crippen LogP contribution in [-0.4, -0.2) is 42.6 Å². The van der Waals surface area contributed by atoms with Crippen molar-refractivity contribution in [3.05, 3.63) is 40.1 Å². The quantitative estimate of drug-likeness (QED) is 0.859. The molecule has 0 fully saturated rings. The zero-order chi connectivity index (χ0) is 17.0. The molecule has 0 unspecified atom stereocenters. The molecule has 23 heavy (non-hydrogen) atoms. The molecule has 1 heterocycles. The summed E-state index contributed by atoms with van der Waals surface area (Å²) in [6.45, 7) is 1.60. The van der Waals surface area contributed by atoms with Gasteiger partial charge in [-0.25, -0.2) is 0 Å². The average Bonchev–Trinajstić information content (AvgIpc) is 2.91. The molecule has 0 aliphatic rings. The van der Waals surface area contributed by atoms with Crippen LogP contribution in [0.25, 0.3) is 0 Å². The van der Waals surface area contributed by atoms with Crippen LogP contribution in [0.4, 0.5) is 5.82 Å². The summed E-state index contributed by atoms with van der Waals surface area (Å²) in [6, 6.07) is 6.67. The number of ether oxygens (including phenoxy) is 1. The molecule has 0 saturated carbocycles. The van der Waals surface area contributed by atoms with E-state index in [1.54, 1.807) is 38.2 Å². The molecular weight excluding hydrogens is 366 g/mol. The minimum Gasteiger partial charge on any atom is -0.497 e. The summed E-state index contributed by atoms with van der Waals surface area (Å²) >= 11 is 3.33. The highest BCUT2D eigenvalue weighted by Crippen LogP contribution is 2.23. The fourth-order valence-corrected chi connectivity index (χ4v) is 2.31. The number of amides is 2. The van der Waals surface area contributed by atoms with E-state index in [1.165, 1.54) is 12.0 Å². The van der Waals surface area contributed by atoms with Crippen molar-refractivity contribution in [1.29, 1.82) is 0 Å². The van der Waals surface area contributed by atoms with E-state index in [0.29, 0.717) is 27.4 Å². The van der Waals surface area contributed by atoms with Gasteiger partial charge in [0.1, 0.15) is 11.5 Å². The molecule has 0 bridgehead atoms. The standard InChI is InChI=1S/C15H16BrN3O4/c1-9-6-13(18-23-9)17-14(20)8-19(2)15(21)11-7-10(22-3)4-5-12(11)16/h4-7H,8H2,1-3H3,(H,17,18,20). The molecule has 2 amide bonds. The largest absolute Gasteiger partial charge is 0.497 e. The van der Waals surface area contributed by atoms with E-state index < -0.39 is 0 Å². The summed E-state index contributed by atoms with van der Waals surface area (Å²) in [4.78, 5) is 25.7. The first-order valence-electron chi connectivity index (χ1n) is 6.73. The Labute approximate surface area is 141 Å². The molecule has 1 aromatic heterocycles. The van der Waals surface area contributed by atoms with Crippen LogP contribution in [0.1, 0.15) is 16.1 Å². The number of rotatable bonds is 5. The lowest BCUT2D eigenvalue weighted by molar-refractivity contribution is -0.116. The normalized spacial score (nSPS) is 10.3. The second-order valence-electron chi connectivity index (χ2n) is 4.88. The van der Waals surface area contributed by atoms with Crippen LogP contribution in [0.5, 0.6) is 5.75 Å². The Morgan fingerprint density at radius 2 is 2.13 bits per heavy atom. The van der Waals surface area contributed by atoms with Crippen LogP contribution in [0.3, 0.4) is 0 Å². The van der Waals surface area contributed by atoms with Crippen molar-refractivity contribution < 1.29 is 18.8 Å². The van der Waals surface area contributed by atoms with E-state index in [1.807, 2.05) is 0 Å². The van der Waals surface area contributed by atoms with Crippen molar-refractivity contribution in [2.45, 2.75) is 6.92 Å². The molecular formula is C15H16BrN3O4.